The molecule has 0 N–H and O–H groups in total. The first kappa shape index (κ1) is 72.3. The van der Waals surface area contributed by atoms with Crippen molar-refractivity contribution in [1.82, 2.24) is 0 Å². The van der Waals surface area contributed by atoms with Crippen LogP contribution < -0.4 is 0 Å². The van der Waals surface area contributed by atoms with Crippen molar-refractivity contribution in [2.45, 2.75) is 316 Å². The molecule has 0 spiro atoms. The zero-order chi connectivity index (χ0) is 55.0. The predicted octanol–water partition coefficient (Wildman–Crippen LogP) is 22.0. The normalized spacial score (nSPS) is 12.7. The standard InChI is InChI=1S/C70H120O6/c1-4-7-10-13-16-18-20-22-24-26-28-30-32-33-34-35-36-37-39-40-42-44-46-48-50-52-54-57-60-63-69(72)75-66-67(65-74-68(71)62-59-56-15-12-9-6-3)76-70(73)64-61-58-55-53-51-49-47-45-43-41-38-31-29-27-25-23-21-19-17-14-11-8-5-2/h7,10,16,18,22,24,27-30,33-34,36-37,40,42,67H,4-6,8-9,11-15,17,19-21,23,25-26,31-32,35,38-39,41,43-66H2,1-3H3/b10-7-,18-16-,24-22-,29-27-,30-28-,34-33-,37-36-,42-40-. The van der Waals surface area contributed by atoms with Crippen molar-refractivity contribution in [2.75, 3.05) is 13.2 Å². The van der Waals surface area contributed by atoms with Gasteiger partial charge in [0, 0.05) is 19.3 Å². The van der Waals surface area contributed by atoms with Crippen LogP contribution in [0.5, 0.6) is 0 Å². The van der Waals surface area contributed by atoms with Gasteiger partial charge in [0.2, 0.25) is 0 Å². The molecule has 0 heterocycles. The van der Waals surface area contributed by atoms with Gasteiger partial charge in [-0.2, -0.15) is 0 Å². The molecule has 6 nitrogen and oxygen atoms in total. The lowest BCUT2D eigenvalue weighted by Crippen LogP contribution is -2.30. The molecular formula is C70H120O6. The molecule has 0 aliphatic heterocycles. The maximum Gasteiger partial charge on any atom is 0.306 e. The Balaban J connectivity index is 4.13. The fourth-order valence-electron chi connectivity index (χ4n) is 9.01. The molecule has 0 saturated heterocycles. The second-order valence-electron chi connectivity index (χ2n) is 21.3. The Bertz CT molecular complexity index is 1490. The number of hydrogen-bond donors (Lipinski definition) is 0. The van der Waals surface area contributed by atoms with Crippen molar-refractivity contribution < 1.29 is 28.6 Å². The second kappa shape index (κ2) is 63.9. The summed E-state index contributed by atoms with van der Waals surface area (Å²) in [5.74, 6) is -0.894. The van der Waals surface area contributed by atoms with Crippen LogP contribution in [0.3, 0.4) is 0 Å². The first-order valence-electron chi connectivity index (χ1n) is 32.2. The third-order valence-corrected chi connectivity index (χ3v) is 13.8. The van der Waals surface area contributed by atoms with Crippen LogP contribution in [0, 0.1) is 0 Å². The molecule has 0 bridgehead atoms. The molecular weight excluding hydrogens is 937 g/mol. The first-order chi connectivity index (χ1) is 37.5. The number of ether oxygens (including phenoxy) is 3. The molecule has 436 valence electrons. The van der Waals surface area contributed by atoms with Gasteiger partial charge in [-0.1, -0.05) is 285 Å². The highest BCUT2D eigenvalue weighted by Gasteiger charge is 2.19. The molecule has 6 heteroatoms. The zero-order valence-corrected chi connectivity index (χ0v) is 50.0. The maximum atomic E-state index is 12.8. The van der Waals surface area contributed by atoms with E-state index in [1.165, 1.54) is 161 Å². The summed E-state index contributed by atoms with van der Waals surface area (Å²) in [5.41, 5.74) is 0. The van der Waals surface area contributed by atoms with Crippen LogP contribution in [0.4, 0.5) is 0 Å². The Kier molecular flexibility index (Phi) is 60.8. The van der Waals surface area contributed by atoms with Crippen LogP contribution in [0.15, 0.2) is 97.2 Å². The lowest BCUT2D eigenvalue weighted by atomic mass is 10.0. The number of carbonyl (C=O) groups excluding carboxylic acids is 3. The molecule has 0 radical (unpaired) electrons. The summed E-state index contributed by atoms with van der Waals surface area (Å²) < 4.78 is 16.8. The molecule has 0 rings (SSSR count). The van der Waals surface area contributed by atoms with E-state index in [1.54, 1.807) is 0 Å². The van der Waals surface area contributed by atoms with Crippen LogP contribution in [-0.4, -0.2) is 37.2 Å². The molecule has 0 amide bonds. The summed E-state index contributed by atoms with van der Waals surface area (Å²) in [7, 11) is 0. The molecule has 0 aromatic heterocycles. The molecule has 0 saturated carbocycles. The van der Waals surface area contributed by atoms with E-state index in [4.69, 9.17) is 14.2 Å². The van der Waals surface area contributed by atoms with E-state index in [0.29, 0.717) is 19.3 Å². The minimum Gasteiger partial charge on any atom is -0.462 e. The molecule has 0 fully saturated rings. The SMILES string of the molecule is CC/C=C\C/C=C\C/C=C\C/C=C\C/C=C\C/C=C\C/C=C\CCCCCCCCCC(=O)OCC(COC(=O)CCCCCCCC)OC(=O)CCCCCCCCCCCCC/C=C\CCCCCCCCCC. The van der Waals surface area contributed by atoms with Gasteiger partial charge in [0.05, 0.1) is 0 Å². The van der Waals surface area contributed by atoms with Crippen molar-refractivity contribution in [3.8, 4) is 0 Å². The summed E-state index contributed by atoms with van der Waals surface area (Å²) in [5, 5.41) is 0. The largest absolute Gasteiger partial charge is 0.462 e. The highest BCUT2D eigenvalue weighted by molar-refractivity contribution is 5.71. The lowest BCUT2D eigenvalue weighted by Gasteiger charge is -2.18. The highest BCUT2D eigenvalue weighted by atomic mass is 16.6. The van der Waals surface area contributed by atoms with Crippen molar-refractivity contribution in [3.05, 3.63) is 97.2 Å². The molecule has 0 aliphatic rings. The van der Waals surface area contributed by atoms with Gasteiger partial charge in [-0.05, 0) is 103 Å². The Labute approximate surface area is 470 Å². The van der Waals surface area contributed by atoms with Crippen LogP contribution in [-0.2, 0) is 28.6 Å². The highest BCUT2D eigenvalue weighted by Crippen LogP contribution is 2.16. The summed E-state index contributed by atoms with van der Waals surface area (Å²) in [6.07, 6.45) is 85.9. The van der Waals surface area contributed by atoms with E-state index < -0.39 is 6.10 Å². The lowest BCUT2D eigenvalue weighted by molar-refractivity contribution is -0.167. The predicted molar refractivity (Wildman–Crippen MR) is 330 cm³/mol. The van der Waals surface area contributed by atoms with E-state index in [2.05, 4.69) is 118 Å². The Morgan fingerprint density at radius 2 is 0.513 bits per heavy atom. The Hall–Kier alpha value is -3.67. The van der Waals surface area contributed by atoms with Gasteiger partial charge >= 0.3 is 17.9 Å². The topological polar surface area (TPSA) is 78.9 Å². The number of carbonyl (C=O) groups is 3. The fourth-order valence-corrected chi connectivity index (χ4v) is 9.01. The number of rotatable bonds is 58. The quantitative estimate of drug-likeness (QED) is 0.0261. The smallest absolute Gasteiger partial charge is 0.306 e. The first-order valence-corrected chi connectivity index (χ1v) is 32.2. The van der Waals surface area contributed by atoms with Crippen LogP contribution in [0.1, 0.15) is 310 Å². The minimum absolute atomic E-state index is 0.0800. The maximum absolute atomic E-state index is 12.8. The van der Waals surface area contributed by atoms with Crippen molar-refractivity contribution >= 4 is 17.9 Å². The second-order valence-corrected chi connectivity index (χ2v) is 21.3. The monoisotopic (exact) mass is 1060 g/mol. The third kappa shape index (κ3) is 61.2. The van der Waals surface area contributed by atoms with Crippen LogP contribution >= 0.6 is 0 Å². The van der Waals surface area contributed by atoms with E-state index in [1.807, 2.05) is 0 Å². The zero-order valence-electron chi connectivity index (χ0n) is 50.0. The van der Waals surface area contributed by atoms with Gasteiger partial charge in [0.1, 0.15) is 13.2 Å². The number of esters is 3. The van der Waals surface area contributed by atoms with E-state index >= 15 is 0 Å². The Morgan fingerprint density at radius 1 is 0.276 bits per heavy atom. The van der Waals surface area contributed by atoms with Crippen LogP contribution in [0.25, 0.3) is 0 Å². The summed E-state index contributed by atoms with van der Waals surface area (Å²) in [4.78, 5) is 38.0. The molecule has 0 aromatic carbocycles. The summed E-state index contributed by atoms with van der Waals surface area (Å²) in [6, 6.07) is 0. The number of hydrogen-bond acceptors (Lipinski definition) is 6. The average Bonchev–Trinajstić information content (AvgIpc) is 3.42. The molecule has 76 heavy (non-hydrogen) atoms. The fraction of sp³-hybridized carbons (Fsp3) is 0.729. The molecule has 0 aliphatic carbocycles. The van der Waals surface area contributed by atoms with Gasteiger partial charge in [-0.15, -0.1) is 0 Å². The molecule has 1 unspecified atom stereocenters. The average molecular weight is 1060 g/mol. The third-order valence-electron chi connectivity index (χ3n) is 13.8. The van der Waals surface area contributed by atoms with E-state index in [9.17, 15) is 14.4 Å². The van der Waals surface area contributed by atoms with Crippen molar-refractivity contribution in [3.63, 3.8) is 0 Å². The number of unbranched alkanes of at least 4 members (excludes halogenated alkanes) is 31. The van der Waals surface area contributed by atoms with E-state index in [0.717, 1.165) is 109 Å². The minimum atomic E-state index is -0.780. The van der Waals surface area contributed by atoms with E-state index in [-0.39, 0.29) is 31.1 Å². The van der Waals surface area contributed by atoms with Gasteiger partial charge in [0.25, 0.3) is 0 Å². The van der Waals surface area contributed by atoms with Gasteiger partial charge in [0.15, 0.2) is 6.10 Å². The van der Waals surface area contributed by atoms with Gasteiger partial charge in [-0.3, -0.25) is 14.4 Å². The van der Waals surface area contributed by atoms with Crippen molar-refractivity contribution in [2.24, 2.45) is 0 Å². The van der Waals surface area contributed by atoms with Crippen LogP contribution in [0.2, 0.25) is 0 Å². The Morgan fingerprint density at radius 3 is 0.816 bits per heavy atom. The van der Waals surface area contributed by atoms with Gasteiger partial charge < -0.3 is 14.2 Å². The molecule has 1 atom stereocenters. The number of allylic oxidation sites excluding steroid dienone is 16. The molecule has 0 aromatic rings. The summed E-state index contributed by atoms with van der Waals surface area (Å²) >= 11 is 0. The van der Waals surface area contributed by atoms with Crippen molar-refractivity contribution in [1.29, 1.82) is 0 Å². The summed E-state index contributed by atoms with van der Waals surface area (Å²) in [6.45, 7) is 6.48. The van der Waals surface area contributed by atoms with Gasteiger partial charge in [-0.25, -0.2) is 0 Å².